The van der Waals surface area contributed by atoms with Gasteiger partial charge in [0.2, 0.25) is 0 Å². The summed E-state index contributed by atoms with van der Waals surface area (Å²) >= 11 is 0. The summed E-state index contributed by atoms with van der Waals surface area (Å²) in [5.74, 6) is 2.72. The number of hydrogen-bond donors (Lipinski definition) is 0. The lowest BCUT2D eigenvalue weighted by atomic mass is 9.49. The molecule has 4 aliphatic rings. The molecule has 3 nitrogen and oxygen atoms in total. The first kappa shape index (κ1) is 16.0. The van der Waals surface area contributed by atoms with E-state index in [1.165, 1.54) is 38.2 Å². The van der Waals surface area contributed by atoms with Crippen LogP contribution in [0, 0.1) is 23.7 Å². The van der Waals surface area contributed by atoms with Crippen LogP contribution in [0.15, 0.2) is 12.7 Å². The van der Waals surface area contributed by atoms with Crippen LogP contribution < -0.4 is 0 Å². The van der Waals surface area contributed by atoms with Crippen LogP contribution >= 0.6 is 0 Å². The van der Waals surface area contributed by atoms with Gasteiger partial charge in [0.1, 0.15) is 5.60 Å². The van der Waals surface area contributed by atoms with Crippen molar-refractivity contribution in [3.8, 4) is 0 Å². The van der Waals surface area contributed by atoms with Gasteiger partial charge in [-0.15, -0.1) is 0 Å². The van der Waals surface area contributed by atoms with Crippen LogP contribution in [0.1, 0.15) is 58.3 Å². The quantitative estimate of drug-likeness (QED) is 0.384. The van der Waals surface area contributed by atoms with Crippen LogP contribution in [0.2, 0.25) is 0 Å². The van der Waals surface area contributed by atoms with Crippen molar-refractivity contribution >= 4 is 5.97 Å². The maximum atomic E-state index is 12.0. The predicted molar refractivity (Wildman–Crippen MR) is 86.4 cm³/mol. The number of carbonyl (C=O) groups is 1. The third-order valence-corrected chi connectivity index (χ3v) is 6.29. The Morgan fingerprint density at radius 1 is 1.14 bits per heavy atom. The molecule has 0 saturated heterocycles. The number of carbonyl (C=O) groups excluding carboxylic acids is 1. The lowest BCUT2D eigenvalue weighted by Gasteiger charge is -2.60. The topological polar surface area (TPSA) is 35.5 Å². The van der Waals surface area contributed by atoms with Gasteiger partial charge in [0.05, 0.1) is 0 Å². The van der Waals surface area contributed by atoms with Crippen molar-refractivity contribution in [3.63, 3.8) is 0 Å². The van der Waals surface area contributed by atoms with Gasteiger partial charge in [-0.2, -0.15) is 0 Å². The summed E-state index contributed by atoms with van der Waals surface area (Å²) in [5.41, 5.74) is -0.203. The van der Waals surface area contributed by atoms with Crippen molar-refractivity contribution in [1.82, 2.24) is 0 Å². The van der Waals surface area contributed by atoms with E-state index in [9.17, 15) is 4.79 Å². The van der Waals surface area contributed by atoms with Crippen molar-refractivity contribution in [3.05, 3.63) is 12.7 Å². The average Bonchev–Trinajstić information content (AvgIpc) is 2.51. The highest BCUT2D eigenvalue weighted by atomic mass is 16.6. The van der Waals surface area contributed by atoms with Crippen LogP contribution in [0.5, 0.6) is 0 Å². The van der Waals surface area contributed by atoms with Gasteiger partial charge in [-0.05, 0) is 82.0 Å². The van der Waals surface area contributed by atoms with Crippen LogP contribution in [-0.2, 0) is 14.3 Å². The van der Waals surface area contributed by atoms with Crippen molar-refractivity contribution in [1.29, 1.82) is 0 Å². The number of unbranched alkanes of at least 4 members (excludes halogenated alkanes) is 1. The third kappa shape index (κ3) is 2.97. The molecule has 0 atom stereocenters. The van der Waals surface area contributed by atoms with E-state index in [1.807, 2.05) is 6.92 Å². The van der Waals surface area contributed by atoms with Crippen LogP contribution in [-0.4, -0.2) is 24.8 Å². The molecule has 0 amide bonds. The average molecular weight is 306 g/mol. The van der Waals surface area contributed by atoms with E-state index in [4.69, 9.17) is 9.47 Å². The third-order valence-electron chi connectivity index (χ3n) is 6.29. The molecule has 0 spiro atoms. The minimum Gasteiger partial charge on any atom is -0.455 e. The molecule has 0 aliphatic heterocycles. The zero-order valence-electron chi connectivity index (χ0n) is 13.9. The molecule has 3 heteroatoms. The Balaban J connectivity index is 1.69. The maximum Gasteiger partial charge on any atom is 0.330 e. The summed E-state index contributed by atoms with van der Waals surface area (Å²) in [4.78, 5) is 12.0. The van der Waals surface area contributed by atoms with Crippen molar-refractivity contribution in [2.24, 2.45) is 23.7 Å². The maximum absolute atomic E-state index is 12.0. The van der Waals surface area contributed by atoms with Gasteiger partial charge >= 0.3 is 5.97 Å². The van der Waals surface area contributed by atoms with Gasteiger partial charge in [-0.25, -0.2) is 4.79 Å². The van der Waals surface area contributed by atoms with Gasteiger partial charge in [-0.3, -0.25) is 0 Å². The molecule has 0 N–H and O–H groups in total. The van der Waals surface area contributed by atoms with E-state index >= 15 is 0 Å². The smallest absolute Gasteiger partial charge is 0.330 e. The Morgan fingerprint density at radius 2 is 1.77 bits per heavy atom. The number of hydrogen-bond acceptors (Lipinski definition) is 3. The lowest BCUT2D eigenvalue weighted by Crippen LogP contribution is -2.59. The minimum absolute atomic E-state index is 0.203. The monoisotopic (exact) mass is 306 g/mol. The molecule has 0 heterocycles. The van der Waals surface area contributed by atoms with E-state index < -0.39 is 0 Å². The van der Waals surface area contributed by atoms with E-state index in [2.05, 4.69) is 6.58 Å². The van der Waals surface area contributed by atoms with Gasteiger partial charge in [0.25, 0.3) is 0 Å². The minimum atomic E-state index is -0.225. The first-order chi connectivity index (χ1) is 10.7. The largest absolute Gasteiger partial charge is 0.455 e. The first-order valence-corrected chi connectivity index (χ1v) is 9.11. The van der Waals surface area contributed by atoms with Gasteiger partial charge < -0.3 is 9.47 Å². The lowest BCUT2D eigenvalue weighted by molar-refractivity contribution is -0.208. The van der Waals surface area contributed by atoms with E-state index in [-0.39, 0.29) is 11.6 Å². The summed E-state index contributed by atoms with van der Waals surface area (Å²) in [6.45, 7) is 7.24. The highest BCUT2D eigenvalue weighted by Crippen LogP contribution is 2.61. The van der Waals surface area contributed by atoms with E-state index in [1.54, 1.807) is 0 Å². The fourth-order valence-electron chi connectivity index (χ4n) is 5.59. The molecular weight excluding hydrogens is 276 g/mol. The molecule has 4 fully saturated rings. The second-order valence-electron chi connectivity index (χ2n) is 7.54. The van der Waals surface area contributed by atoms with E-state index in [0.717, 1.165) is 44.3 Å². The predicted octanol–water partition coefficient (Wildman–Crippen LogP) is 4.12. The van der Waals surface area contributed by atoms with Crippen LogP contribution in [0.3, 0.4) is 0 Å². The molecule has 0 aromatic rings. The molecule has 4 rings (SSSR count). The van der Waals surface area contributed by atoms with Crippen molar-refractivity contribution < 1.29 is 14.3 Å². The summed E-state index contributed by atoms with van der Waals surface area (Å²) in [6, 6.07) is 0. The van der Waals surface area contributed by atoms with Crippen LogP contribution in [0.25, 0.3) is 0 Å². The highest BCUT2D eigenvalue weighted by molar-refractivity contribution is 5.81. The number of ether oxygens (including phenoxy) is 2. The summed E-state index contributed by atoms with van der Waals surface area (Å²) < 4.78 is 11.5. The Morgan fingerprint density at radius 3 is 2.32 bits per heavy atom. The normalized spacial score (nSPS) is 39.0. The van der Waals surface area contributed by atoms with Gasteiger partial charge in [0.15, 0.2) is 0 Å². The summed E-state index contributed by atoms with van der Waals surface area (Å²) in [7, 11) is 0. The SMILES string of the molecule is C=CC(=O)OC1(CCCCOCC)C2CC3CC(C2)CC1C3. The zero-order valence-corrected chi connectivity index (χ0v) is 13.9. The Hall–Kier alpha value is -0.830. The second-order valence-corrected chi connectivity index (χ2v) is 7.54. The Bertz CT molecular complexity index is 387. The standard InChI is InChI=1S/C19H30O3/c1-3-18(20)22-19(7-5-6-8-21-4-2)16-10-14-9-15(12-16)13-17(19)11-14/h3,14-17H,1,4-13H2,2H3. The summed E-state index contributed by atoms with van der Waals surface area (Å²) in [6.07, 6.45) is 11.0. The molecule has 0 aromatic heterocycles. The molecule has 4 saturated carbocycles. The zero-order chi connectivity index (χ0) is 15.6. The fraction of sp³-hybridized carbons (Fsp3) is 0.842. The first-order valence-electron chi connectivity index (χ1n) is 9.11. The molecular formula is C19H30O3. The highest BCUT2D eigenvalue weighted by Gasteiger charge is 2.58. The van der Waals surface area contributed by atoms with Gasteiger partial charge in [0, 0.05) is 19.3 Å². The van der Waals surface area contributed by atoms with E-state index in [0.29, 0.717) is 11.8 Å². The fourth-order valence-corrected chi connectivity index (χ4v) is 5.59. The molecule has 124 valence electrons. The van der Waals surface area contributed by atoms with Gasteiger partial charge in [-0.1, -0.05) is 6.58 Å². The number of esters is 1. The molecule has 0 aromatic carbocycles. The summed E-state index contributed by atoms with van der Waals surface area (Å²) in [5, 5.41) is 0. The molecule has 4 bridgehead atoms. The molecule has 0 unspecified atom stereocenters. The number of rotatable bonds is 8. The van der Waals surface area contributed by atoms with Crippen molar-refractivity contribution in [2.45, 2.75) is 63.9 Å². The Kier molecular flexibility index (Phi) is 4.91. The Labute approximate surface area is 134 Å². The molecule has 22 heavy (non-hydrogen) atoms. The van der Waals surface area contributed by atoms with Crippen molar-refractivity contribution in [2.75, 3.05) is 13.2 Å². The van der Waals surface area contributed by atoms with Crippen LogP contribution in [0.4, 0.5) is 0 Å². The molecule has 4 aliphatic carbocycles. The molecule has 0 radical (unpaired) electrons. The second kappa shape index (κ2) is 6.74.